The van der Waals surface area contributed by atoms with E-state index in [0.29, 0.717) is 35.8 Å². The van der Waals surface area contributed by atoms with Gasteiger partial charge in [-0.05, 0) is 111 Å². The number of benzene rings is 8. The van der Waals surface area contributed by atoms with E-state index in [-0.39, 0.29) is 0 Å². The molecular formula is C64H66N2P4. The molecule has 10 rings (SSSR count). The molecule has 0 bridgehead atoms. The number of nitrogens with zero attached hydrogens (tertiary/aromatic N) is 2. The molecule has 8 aromatic carbocycles. The highest BCUT2D eigenvalue weighted by molar-refractivity contribution is 7.85. The van der Waals surface area contributed by atoms with Crippen LogP contribution >= 0.6 is 32.3 Å². The Morgan fingerprint density at radius 2 is 0.600 bits per heavy atom. The molecule has 0 amide bonds. The fourth-order valence-electron chi connectivity index (χ4n) is 11.4. The molecule has 0 saturated heterocycles. The van der Waals surface area contributed by atoms with Gasteiger partial charge in [-0.1, -0.05) is 256 Å². The maximum absolute atomic E-state index is 4.67. The molecule has 0 spiro atoms. The van der Waals surface area contributed by atoms with Crippen molar-refractivity contribution in [3.8, 4) is 0 Å². The molecule has 0 heterocycles. The van der Waals surface area contributed by atoms with Crippen LogP contribution in [-0.4, -0.2) is 21.0 Å². The molecule has 0 aromatic heterocycles. The Morgan fingerprint density at radius 1 is 0.357 bits per heavy atom. The van der Waals surface area contributed by atoms with Gasteiger partial charge >= 0.3 is 0 Å². The van der Waals surface area contributed by atoms with Crippen molar-refractivity contribution in [2.45, 2.75) is 64.0 Å². The topological polar surface area (TPSA) is 6.48 Å². The van der Waals surface area contributed by atoms with Crippen molar-refractivity contribution < 1.29 is 0 Å². The van der Waals surface area contributed by atoms with Crippen molar-refractivity contribution in [3.05, 3.63) is 255 Å². The lowest BCUT2D eigenvalue weighted by molar-refractivity contribution is 0.146. The molecule has 2 fully saturated rings. The second-order valence-corrected chi connectivity index (χ2v) is 28.2. The summed E-state index contributed by atoms with van der Waals surface area (Å²) in [6, 6.07) is 92.3. The first-order valence-corrected chi connectivity index (χ1v) is 30.6. The average Bonchev–Trinajstić information content (AvgIpc) is 3.43. The van der Waals surface area contributed by atoms with Gasteiger partial charge in [-0.15, -0.1) is 6.58 Å². The average molecular weight is 987 g/mol. The van der Waals surface area contributed by atoms with Crippen LogP contribution in [0.1, 0.15) is 51.9 Å². The minimum atomic E-state index is -0.870. The molecule has 2 saturated carbocycles. The van der Waals surface area contributed by atoms with E-state index in [4.69, 9.17) is 0 Å². The SMILES string of the molecule is C=CC1CC(CC2CCC(N(P(c3ccccc3)c3ccccc3)P(c3ccccc3)c3ccccc3)C(C)C2)CCC1N(P(c1ccccc1)c1ccccc1)P(c1ccccc1)c1ccccc1. The zero-order valence-corrected chi connectivity index (χ0v) is 44.1. The highest BCUT2D eigenvalue weighted by Gasteiger charge is 2.45. The van der Waals surface area contributed by atoms with E-state index in [2.05, 4.69) is 271 Å². The van der Waals surface area contributed by atoms with Crippen LogP contribution in [0, 0.1) is 23.7 Å². The van der Waals surface area contributed by atoms with Crippen molar-refractivity contribution in [2.75, 3.05) is 0 Å². The molecule has 8 aromatic rings. The van der Waals surface area contributed by atoms with Crippen LogP contribution in [0.4, 0.5) is 0 Å². The van der Waals surface area contributed by atoms with Crippen LogP contribution in [0.15, 0.2) is 255 Å². The third-order valence-corrected chi connectivity index (χ3v) is 25.9. The van der Waals surface area contributed by atoms with Gasteiger partial charge in [0.05, 0.1) is 0 Å². The third-order valence-electron chi connectivity index (χ3n) is 14.6. The van der Waals surface area contributed by atoms with Crippen molar-refractivity contribution in [2.24, 2.45) is 23.7 Å². The summed E-state index contributed by atoms with van der Waals surface area (Å²) in [7, 11) is -3.40. The van der Waals surface area contributed by atoms with Crippen molar-refractivity contribution in [1.82, 2.24) is 8.88 Å². The van der Waals surface area contributed by atoms with Gasteiger partial charge in [0, 0.05) is 44.4 Å². The highest BCUT2D eigenvalue weighted by Crippen LogP contribution is 2.61. The van der Waals surface area contributed by atoms with Crippen molar-refractivity contribution in [3.63, 3.8) is 0 Å². The molecule has 352 valence electrons. The van der Waals surface area contributed by atoms with Crippen molar-refractivity contribution in [1.29, 1.82) is 0 Å². The summed E-state index contributed by atoms with van der Waals surface area (Å²) in [6.07, 6.45) is 11.1. The van der Waals surface area contributed by atoms with Gasteiger partial charge in [-0.25, -0.2) is 8.88 Å². The molecule has 0 aliphatic heterocycles. The lowest BCUT2D eigenvalue weighted by Crippen LogP contribution is -2.45. The van der Waals surface area contributed by atoms with Gasteiger partial charge in [0.25, 0.3) is 0 Å². The first-order valence-electron chi connectivity index (χ1n) is 25.5. The Kier molecular flexibility index (Phi) is 16.7. The lowest BCUT2D eigenvalue weighted by atomic mass is 9.70. The minimum absolute atomic E-state index is 0.362. The van der Waals surface area contributed by atoms with Gasteiger partial charge in [-0.2, -0.15) is 0 Å². The molecule has 2 aliphatic carbocycles. The van der Waals surface area contributed by atoms with E-state index >= 15 is 0 Å². The zero-order chi connectivity index (χ0) is 47.5. The lowest BCUT2D eigenvalue weighted by Gasteiger charge is -2.50. The normalized spacial score (nSPS) is 20.6. The van der Waals surface area contributed by atoms with Crippen LogP contribution in [0.25, 0.3) is 0 Å². The van der Waals surface area contributed by atoms with Gasteiger partial charge in [0.1, 0.15) is 0 Å². The molecule has 70 heavy (non-hydrogen) atoms. The smallest absolute Gasteiger partial charge is 0.0326 e. The first-order chi connectivity index (χ1) is 34.6. The Hall–Kier alpha value is -4.86. The summed E-state index contributed by atoms with van der Waals surface area (Å²) in [5, 5.41) is 11.4. The molecule has 0 radical (unpaired) electrons. The Morgan fingerprint density at radius 3 is 0.857 bits per heavy atom. The largest absolute Gasteiger partial charge is 0.241 e. The van der Waals surface area contributed by atoms with E-state index in [9.17, 15) is 0 Å². The van der Waals surface area contributed by atoms with E-state index in [1.54, 1.807) is 0 Å². The van der Waals surface area contributed by atoms with Crippen LogP contribution in [-0.2, 0) is 0 Å². The maximum Gasteiger partial charge on any atom is 0.0326 e. The van der Waals surface area contributed by atoms with Crippen LogP contribution in [0.2, 0.25) is 0 Å². The Balaban J connectivity index is 0.957. The fourth-order valence-corrected chi connectivity index (χ4v) is 24.5. The summed E-state index contributed by atoms with van der Waals surface area (Å²) < 4.78 is 6.11. The van der Waals surface area contributed by atoms with Crippen molar-refractivity contribution >= 4 is 74.7 Å². The zero-order valence-electron chi connectivity index (χ0n) is 40.5. The fraction of sp³-hybridized carbons (Fsp3) is 0.219. The summed E-state index contributed by atoms with van der Waals surface area (Å²) in [6.45, 7) is 7.27. The van der Waals surface area contributed by atoms with Crippen LogP contribution < -0.4 is 42.4 Å². The molecule has 6 heteroatoms. The third kappa shape index (κ3) is 11.3. The van der Waals surface area contributed by atoms with E-state index in [1.165, 1.54) is 87.4 Å². The summed E-state index contributed by atoms with van der Waals surface area (Å²) in [4.78, 5) is 0. The van der Waals surface area contributed by atoms with Crippen LogP contribution in [0.5, 0.6) is 0 Å². The van der Waals surface area contributed by atoms with E-state index in [1.807, 2.05) is 0 Å². The number of hydrogen-bond acceptors (Lipinski definition) is 2. The predicted molar refractivity (Wildman–Crippen MR) is 310 cm³/mol. The summed E-state index contributed by atoms with van der Waals surface area (Å²) in [5.41, 5.74) is 0. The minimum Gasteiger partial charge on any atom is -0.241 e. The van der Waals surface area contributed by atoms with Crippen LogP contribution in [0.3, 0.4) is 0 Å². The van der Waals surface area contributed by atoms with Gasteiger partial charge in [0.15, 0.2) is 0 Å². The molecule has 2 aliphatic rings. The van der Waals surface area contributed by atoms with E-state index < -0.39 is 32.3 Å². The highest BCUT2D eigenvalue weighted by atomic mass is 31.2. The summed E-state index contributed by atoms with van der Waals surface area (Å²) in [5.74, 6) is 2.34. The standard InChI is InChI=1S/C64H66N2P4/c1-3-54-50-53(45-47-64(54)66(69(59-36-20-8-21-37-59)60-38-22-9-23-39-60)70(61-40-24-10-25-41-61)62-42-26-11-27-43-62)49-52-44-46-63(51(2)48-52)65(67(55-28-12-4-13-29-55)56-30-14-5-15-31-56)68(57-32-16-6-17-33-57)58-34-18-7-19-35-58/h3-43,51-54,63-64H,1,44-50H2,2H3. The monoisotopic (exact) mass is 986 g/mol. The maximum atomic E-state index is 4.67. The summed E-state index contributed by atoms with van der Waals surface area (Å²) >= 11 is 0. The van der Waals surface area contributed by atoms with Gasteiger partial charge < -0.3 is 0 Å². The first kappa shape index (κ1) is 48.8. The molecule has 0 N–H and O–H groups in total. The number of rotatable bonds is 17. The molecule has 2 nitrogen and oxygen atoms in total. The Bertz CT molecular complexity index is 2470. The van der Waals surface area contributed by atoms with E-state index in [0.717, 1.165) is 0 Å². The molecule has 6 unspecified atom stereocenters. The number of hydrogen-bond donors (Lipinski definition) is 0. The second kappa shape index (κ2) is 24.0. The quantitative estimate of drug-likeness (QED) is 0.0663. The molecular weight excluding hydrogens is 921 g/mol. The second-order valence-electron chi connectivity index (χ2n) is 19.2. The van der Waals surface area contributed by atoms with Gasteiger partial charge in [0.2, 0.25) is 0 Å². The Labute approximate surface area is 424 Å². The predicted octanol–water partition coefficient (Wildman–Crippen LogP) is 13.9. The van der Waals surface area contributed by atoms with Gasteiger partial charge in [-0.3, -0.25) is 0 Å². The molecule has 6 atom stereocenters.